The van der Waals surface area contributed by atoms with E-state index in [2.05, 4.69) is 4.98 Å². The van der Waals surface area contributed by atoms with Gasteiger partial charge in [0.2, 0.25) is 0 Å². The Kier molecular flexibility index (Phi) is 2.57. The molecule has 0 atom stereocenters. The van der Waals surface area contributed by atoms with Crippen molar-refractivity contribution in [1.29, 1.82) is 0 Å². The molecule has 0 unspecified atom stereocenters. The second kappa shape index (κ2) is 3.41. The third-order valence-electron chi connectivity index (χ3n) is 1.87. The summed E-state index contributed by atoms with van der Waals surface area (Å²) < 4.78 is 36.9. The Balaban J connectivity index is 3.41. The molecule has 7 heteroatoms. The first kappa shape index (κ1) is 11.3. The predicted octanol–water partition coefficient (Wildman–Crippen LogP) is 1.69. The van der Waals surface area contributed by atoms with Crippen molar-refractivity contribution < 1.29 is 23.1 Å². The Morgan fingerprint density at radius 3 is 2.47 bits per heavy atom. The fourth-order valence-electron chi connectivity index (χ4n) is 1.08. The van der Waals surface area contributed by atoms with Gasteiger partial charge in [0.15, 0.2) is 0 Å². The van der Waals surface area contributed by atoms with Gasteiger partial charge in [0.25, 0.3) is 0 Å². The van der Waals surface area contributed by atoms with E-state index < -0.39 is 29.1 Å². The second-order valence-electron chi connectivity index (χ2n) is 2.86. The molecule has 82 valence electrons. The van der Waals surface area contributed by atoms with Gasteiger partial charge in [-0.05, 0) is 6.92 Å². The number of pyridine rings is 1. The van der Waals surface area contributed by atoms with E-state index in [0.717, 1.165) is 6.92 Å². The zero-order valence-corrected chi connectivity index (χ0v) is 7.59. The molecule has 1 aromatic heterocycles. The van der Waals surface area contributed by atoms with E-state index in [-0.39, 0.29) is 5.56 Å². The molecule has 0 radical (unpaired) electrons. The molecule has 1 rings (SSSR count). The molecule has 0 amide bonds. The van der Waals surface area contributed by atoms with Crippen LogP contribution in [0.5, 0.6) is 0 Å². The van der Waals surface area contributed by atoms with Crippen LogP contribution in [0.3, 0.4) is 0 Å². The number of hydrogen-bond acceptors (Lipinski definition) is 3. The zero-order chi connectivity index (χ0) is 11.8. The van der Waals surface area contributed by atoms with Crippen molar-refractivity contribution in [2.45, 2.75) is 13.1 Å². The lowest BCUT2D eigenvalue weighted by Crippen LogP contribution is -2.15. The highest BCUT2D eigenvalue weighted by Gasteiger charge is 2.35. The molecule has 0 bridgehead atoms. The maximum atomic E-state index is 12.3. The lowest BCUT2D eigenvalue weighted by Gasteiger charge is -2.11. The van der Waals surface area contributed by atoms with Crippen LogP contribution in [0.2, 0.25) is 0 Å². The average molecular weight is 220 g/mol. The van der Waals surface area contributed by atoms with Gasteiger partial charge in [-0.25, -0.2) is 4.79 Å². The van der Waals surface area contributed by atoms with Crippen LogP contribution in [0.15, 0.2) is 6.20 Å². The van der Waals surface area contributed by atoms with E-state index in [4.69, 9.17) is 10.8 Å². The number of nitrogen functional groups attached to an aromatic ring is 1. The number of aromatic carboxylic acids is 1. The summed E-state index contributed by atoms with van der Waals surface area (Å²) in [6.45, 7) is 1.08. The third-order valence-corrected chi connectivity index (χ3v) is 1.87. The molecular formula is C8H7F3N2O2. The average Bonchev–Trinajstić information content (AvgIpc) is 2.06. The van der Waals surface area contributed by atoms with Gasteiger partial charge in [-0.1, -0.05) is 0 Å². The summed E-state index contributed by atoms with van der Waals surface area (Å²) in [7, 11) is 0. The number of halogens is 3. The molecule has 0 fully saturated rings. The van der Waals surface area contributed by atoms with E-state index in [1.165, 1.54) is 0 Å². The molecule has 0 saturated carbocycles. The summed E-state index contributed by atoms with van der Waals surface area (Å²) in [5.74, 6) is -1.41. The Bertz CT molecular complexity index is 415. The van der Waals surface area contributed by atoms with Crippen LogP contribution in [0.1, 0.15) is 21.6 Å². The smallest absolute Gasteiger partial charge is 0.433 e. The van der Waals surface area contributed by atoms with E-state index in [0.29, 0.717) is 6.20 Å². The number of alkyl halides is 3. The van der Waals surface area contributed by atoms with Crippen molar-refractivity contribution in [2.75, 3.05) is 5.73 Å². The van der Waals surface area contributed by atoms with Crippen molar-refractivity contribution >= 4 is 11.7 Å². The number of nitrogens with two attached hydrogens (primary N) is 1. The maximum Gasteiger partial charge on any atom is 0.433 e. The summed E-state index contributed by atoms with van der Waals surface area (Å²) in [6, 6.07) is 0. The predicted molar refractivity (Wildman–Crippen MR) is 45.3 cm³/mol. The van der Waals surface area contributed by atoms with E-state index in [1.54, 1.807) is 0 Å². The second-order valence-corrected chi connectivity index (χ2v) is 2.86. The summed E-state index contributed by atoms with van der Waals surface area (Å²) in [6.07, 6.45) is -4.03. The van der Waals surface area contributed by atoms with Crippen LogP contribution in [-0.4, -0.2) is 16.1 Å². The molecule has 1 heterocycles. The first-order valence-electron chi connectivity index (χ1n) is 3.80. The fraction of sp³-hybridized carbons (Fsp3) is 0.250. The molecule has 0 aromatic carbocycles. The number of aromatic nitrogens is 1. The largest absolute Gasteiger partial charge is 0.478 e. The first-order chi connectivity index (χ1) is 6.75. The van der Waals surface area contributed by atoms with Gasteiger partial charge in [-0.15, -0.1) is 0 Å². The molecule has 15 heavy (non-hydrogen) atoms. The van der Waals surface area contributed by atoms with Crippen molar-refractivity contribution in [2.24, 2.45) is 0 Å². The number of carboxylic acid groups (broad SMARTS) is 1. The van der Waals surface area contributed by atoms with Gasteiger partial charge in [-0.3, -0.25) is 4.98 Å². The van der Waals surface area contributed by atoms with Gasteiger partial charge in [0.05, 0.1) is 5.69 Å². The van der Waals surface area contributed by atoms with E-state index >= 15 is 0 Å². The quantitative estimate of drug-likeness (QED) is 0.755. The molecule has 0 aliphatic heterocycles. The number of carboxylic acids is 1. The summed E-state index contributed by atoms with van der Waals surface area (Å²) in [5, 5.41) is 8.58. The normalized spacial score (nSPS) is 11.5. The van der Waals surface area contributed by atoms with Crippen LogP contribution < -0.4 is 5.73 Å². The first-order valence-corrected chi connectivity index (χ1v) is 3.80. The number of hydrogen-bond donors (Lipinski definition) is 2. The van der Waals surface area contributed by atoms with Crippen LogP contribution >= 0.6 is 0 Å². The summed E-state index contributed by atoms with van der Waals surface area (Å²) in [4.78, 5) is 13.6. The van der Waals surface area contributed by atoms with Gasteiger partial charge in [0, 0.05) is 11.8 Å². The van der Waals surface area contributed by atoms with Gasteiger partial charge in [-0.2, -0.15) is 13.2 Å². The number of carbonyl (C=O) groups is 1. The molecule has 1 aromatic rings. The molecule has 0 aliphatic rings. The minimum atomic E-state index is -4.63. The van der Waals surface area contributed by atoms with Crippen LogP contribution in [0.4, 0.5) is 18.9 Å². The highest BCUT2D eigenvalue weighted by Crippen LogP contribution is 2.33. The molecule has 0 saturated heterocycles. The monoisotopic (exact) mass is 220 g/mol. The molecular weight excluding hydrogens is 213 g/mol. The lowest BCUT2D eigenvalue weighted by atomic mass is 10.1. The van der Waals surface area contributed by atoms with Crippen molar-refractivity contribution in [3.05, 3.63) is 23.0 Å². The Hall–Kier alpha value is -1.79. The highest BCUT2D eigenvalue weighted by atomic mass is 19.4. The van der Waals surface area contributed by atoms with Crippen molar-refractivity contribution in [3.8, 4) is 0 Å². The van der Waals surface area contributed by atoms with Gasteiger partial charge < -0.3 is 10.8 Å². The summed E-state index contributed by atoms with van der Waals surface area (Å²) >= 11 is 0. The fourth-order valence-corrected chi connectivity index (χ4v) is 1.08. The number of anilines is 1. The molecule has 4 nitrogen and oxygen atoms in total. The zero-order valence-electron chi connectivity index (χ0n) is 7.59. The lowest BCUT2D eigenvalue weighted by molar-refractivity contribution is -0.141. The van der Waals surface area contributed by atoms with Crippen molar-refractivity contribution in [3.63, 3.8) is 0 Å². The van der Waals surface area contributed by atoms with Crippen LogP contribution in [-0.2, 0) is 6.18 Å². The molecule has 3 N–H and O–H groups in total. The highest BCUT2D eigenvalue weighted by molar-refractivity contribution is 5.94. The van der Waals surface area contributed by atoms with Gasteiger partial charge >= 0.3 is 12.1 Å². The number of nitrogens with zero attached hydrogens (tertiary/aromatic N) is 1. The van der Waals surface area contributed by atoms with Crippen LogP contribution in [0.25, 0.3) is 0 Å². The minimum absolute atomic E-state index is 0.373. The van der Waals surface area contributed by atoms with Gasteiger partial charge in [0.1, 0.15) is 11.3 Å². The molecule has 0 aliphatic carbocycles. The Morgan fingerprint density at radius 2 is 2.07 bits per heavy atom. The van der Waals surface area contributed by atoms with E-state index in [1.807, 2.05) is 0 Å². The molecule has 0 spiro atoms. The maximum absolute atomic E-state index is 12.3. The Labute approximate surface area is 82.5 Å². The Morgan fingerprint density at radius 1 is 1.53 bits per heavy atom. The minimum Gasteiger partial charge on any atom is -0.478 e. The third kappa shape index (κ3) is 2.00. The SMILES string of the molecule is Cc1c(C(F)(F)F)ncc(C(=O)O)c1N. The van der Waals surface area contributed by atoms with Crippen molar-refractivity contribution in [1.82, 2.24) is 4.98 Å². The van der Waals surface area contributed by atoms with E-state index in [9.17, 15) is 18.0 Å². The summed E-state index contributed by atoms with van der Waals surface area (Å²) in [5.41, 5.74) is 2.88. The topological polar surface area (TPSA) is 76.2 Å². The number of rotatable bonds is 1. The van der Waals surface area contributed by atoms with Crippen LogP contribution in [0, 0.1) is 6.92 Å². The standard InChI is InChI=1S/C8H7F3N2O2/c1-3-5(12)4(7(14)15)2-13-6(3)8(9,10)11/h2H,1H3,(H2,12,13)(H,14,15).